The van der Waals surface area contributed by atoms with Crippen LogP contribution in [0.1, 0.15) is 11.1 Å². The molecule has 0 atom stereocenters. The van der Waals surface area contributed by atoms with Crippen molar-refractivity contribution in [1.29, 1.82) is 0 Å². The zero-order valence-corrected chi connectivity index (χ0v) is 18.6. The number of methoxy groups -OCH3 is 2. The zero-order chi connectivity index (χ0) is 22.8. The summed E-state index contributed by atoms with van der Waals surface area (Å²) in [4.78, 5) is -0.0365. The number of hydrogen-bond acceptors (Lipinski definition) is 4. The van der Waals surface area contributed by atoms with Crippen molar-refractivity contribution in [3.8, 4) is 11.5 Å². The van der Waals surface area contributed by atoms with Gasteiger partial charge in [-0.1, -0.05) is 17.7 Å². The molecule has 0 amide bonds. The molecule has 0 bridgehead atoms. The number of ether oxygens (including phenoxy) is 2. The van der Waals surface area contributed by atoms with Crippen LogP contribution < -0.4 is 13.8 Å². The van der Waals surface area contributed by atoms with Gasteiger partial charge in [0.2, 0.25) is 0 Å². The van der Waals surface area contributed by atoms with E-state index in [1.54, 1.807) is 0 Å². The number of nitrogens with zero attached hydrogens (tertiary/aromatic N) is 1. The lowest BCUT2D eigenvalue weighted by molar-refractivity contribution is 0.354. The van der Waals surface area contributed by atoms with Crippen LogP contribution in [-0.2, 0) is 16.4 Å². The van der Waals surface area contributed by atoms with Gasteiger partial charge < -0.3 is 9.47 Å². The van der Waals surface area contributed by atoms with Crippen molar-refractivity contribution in [2.75, 3.05) is 25.6 Å². The van der Waals surface area contributed by atoms with E-state index in [4.69, 9.17) is 21.1 Å². The third-order valence-corrected chi connectivity index (χ3v) is 6.83. The van der Waals surface area contributed by atoms with Gasteiger partial charge in [-0.15, -0.1) is 0 Å². The SMILES string of the molecule is COc1ccc(S(=O)(=O)N(C)c2ccc(Cl)cc2Cc2c(F)cccc2F)cc1OC. The number of hydrogen-bond donors (Lipinski definition) is 0. The smallest absolute Gasteiger partial charge is 0.264 e. The molecule has 5 nitrogen and oxygen atoms in total. The van der Waals surface area contributed by atoms with Gasteiger partial charge in [-0.25, -0.2) is 17.2 Å². The highest BCUT2D eigenvalue weighted by Gasteiger charge is 2.25. The minimum Gasteiger partial charge on any atom is -0.493 e. The van der Waals surface area contributed by atoms with E-state index in [1.165, 1.54) is 63.7 Å². The molecule has 0 heterocycles. The molecule has 0 aromatic heterocycles. The standard InChI is InChI=1S/C22H20ClF2NO4S/c1-26(31(27,28)16-8-10-21(29-2)22(13-16)30-3)20-9-7-15(23)11-14(20)12-17-18(24)5-4-6-19(17)25/h4-11,13H,12H2,1-3H3. The summed E-state index contributed by atoms with van der Waals surface area (Å²) in [6, 6.07) is 12.3. The predicted molar refractivity (Wildman–Crippen MR) is 116 cm³/mol. The van der Waals surface area contributed by atoms with Crippen LogP contribution in [0.2, 0.25) is 5.02 Å². The Morgan fingerprint density at radius 1 is 0.935 bits per heavy atom. The summed E-state index contributed by atoms with van der Waals surface area (Å²) in [5, 5.41) is 0.312. The lowest BCUT2D eigenvalue weighted by Crippen LogP contribution is -2.27. The molecule has 0 fully saturated rings. The van der Waals surface area contributed by atoms with E-state index in [1.807, 2.05) is 0 Å². The van der Waals surface area contributed by atoms with Gasteiger partial charge in [0.1, 0.15) is 11.6 Å². The van der Waals surface area contributed by atoms with Crippen LogP contribution in [0, 0.1) is 11.6 Å². The molecule has 0 N–H and O–H groups in total. The van der Waals surface area contributed by atoms with Crippen LogP contribution in [0.3, 0.4) is 0 Å². The van der Waals surface area contributed by atoms with E-state index < -0.39 is 21.7 Å². The number of halogens is 3. The second-order valence-electron chi connectivity index (χ2n) is 6.64. The van der Waals surface area contributed by atoms with Crippen molar-refractivity contribution in [2.45, 2.75) is 11.3 Å². The molecule has 0 unspecified atom stereocenters. The van der Waals surface area contributed by atoms with Crippen LogP contribution in [0.5, 0.6) is 11.5 Å². The van der Waals surface area contributed by atoms with E-state index in [9.17, 15) is 17.2 Å². The minimum absolute atomic E-state index is 0.0365. The monoisotopic (exact) mass is 467 g/mol. The van der Waals surface area contributed by atoms with Crippen LogP contribution in [0.4, 0.5) is 14.5 Å². The van der Waals surface area contributed by atoms with Crippen molar-refractivity contribution in [3.63, 3.8) is 0 Å². The van der Waals surface area contributed by atoms with E-state index >= 15 is 0 Å². The molecule has 0 saturated heterocycles. The third-order valence-electron chi connectivity index (χ3n) is 4.82. The quantitative estimate of drug-likeness (QED) is 0.488. The van der Waals surface area contributed by atoms with Gasteiger partial charge in [0.25, 0.3) is 10.0 Å². The first kappa shape index (κ1) is 22.8. The van der Waals surface area contributed by atoms with E-state index in [0.717, 1.165) is 16.4 Å². The maximum atomic E-state index is 14.2. The molecule has 3 aromatic carbocycles. The number of rotatable bonds is 7. The first-order valence-electron chi connectivity index (χ1n) is 9.11. The van der Waals surface area contributed by atoms with E-state index in [0.29, 0.717) is 16.3 Å². The molecule has 0 spiro atoms. The Bertz CT molecular complexity index is 1200. The second kappa shape index (κ2) is 9.11. The topological polar surface area (TPSA) is 55.8 Å². The van der Waals surface area contributed by atoms with Gasteiger partial charge in [-0.2, -0.15) is 0 Å². The summed E-state index contributed by atoms with van der Waals surface area (Å²) in [7, 11) is 0.173. The van der Waals surface area contributed by atoms with Crippen molar-refractivity contribution in [2.24, 2.45) is 0 Å². The van der Waals surface area contributed by atoms with Crippen LogP contribution in [0.15, 0.2) is 59.5 Å². The van der Waals surface area contributed by atoms with Gasteiger partial charge in [-0.05, 0) is 48.0 Å². The molecular weight excluding hydrogens is 448 g/mol. The highest BCUT2D eigenvalue weighted by molar-refractivity contribution is 7.92. The molecule has 31 heavy (non-hydrogen) atoms. The normalized spacial score (nSPS) is 11.3. The Kier molecular flexibility index (Phi) is 6.71. The molecule has 9 heteroatoms. The Morgan fingerprint density at radius 2 is 1.58 bits per heavy atom. The lowest BCUT2D eigenvalue weighted by Gasteiger charge is -2.23. The van der Waals surface area contributed by atoms with Crippen molar-refractivity contribution < 1.29 is 26.7 Å². The van der Waals surface area contributed by atoms with E-state index in [2.05, 4.69) is 0 Å². The fourth-order valence-corrected chi connectivity index (χ4v) is 4.60. The summed E-state index contributed by atoms with van der Waals surface area (Å²) in [6.07, 6.45) is -0.180. The third kappa shape index (κ3) is 4.60. The van der Waals surface area contributed by atoms with Crippen molar-refractivity contribution in [3.05, 3.63) is 82.4 Å². The summed E-state index contributed by atoms with van der Waals surface area (Å²) in [5.41, 5.74) is 0.410. The fourth-order valence-electron chi connectivity index (χ4n) is 3.16. The molecule has 0 aliphatic carbocycles. The largest absolute Gasteiger partial charge is 0.493 e. The maximum absolute atomic E-state index is 14.2. The van der Waals surface area contributed by atoms with E-state index in [-0.39, 0.29) is 28.3 Å². The van der Waals surface area contributed by atoms with Gasteiger partial charge in [0.05, 0.1) is 24.8 Å². The Balaban J connectivity index is 2.06. The fraction of sp³-hybridized carbons (Fsp3) is 0.182. The average Bonchev–Trinajstić information content (AvgIpc) is 2.75. The maximum Gasteiger partial charge on any atom is 0.264 e. The summed E-state index contributed by atoms with van der Waals surface area (Å²) in [6.45, 7) is 0. The molecule has 3 rings (SSSR count). The molecule has 0 radical (unpaired) electrons. The first-order valence-corrected chi connectivity index (χ1v) is 10.9. The Labute approximate surface area is 184 Å². The van der Waals surface area contributed by atoms with Crippen LogP contribution in [-0.4, -0.2) is 29.7 Å². The summed E-state index contributed by atoms with van der Waals surface area (Å²) >= 11 is 6.09. The second-order valence-corrected chi connectivity index (χ2v) is 9.05. The van der Waals surface area contributed by atoms with Gasteiger partial charge in [-0.3, -0.25) is 4.31 Å². The summed E-state index contributed by atoms with van der Waals surface area (Å²) < 4.78 is 66.3. The molecule has 164 valence electrons. The van der Waals surface area contributed by atoms with Crippen LogP contribution in [0.25, 0.3) is 0 Å². The van der Waals surface area contributed by atoms with Gasteiger partial charge >= 0.3 is 0 Å². The Hall–Kier alpha value is -2.84. The Morgan fingerprint density at radius 3 is 2.19 bits per heavy atom. The molecule has 0 aliphatic heterocycles. The van der Waals surface area contributed by atoms with Gasteiger partial charge in [0.15, 0.2) is 11.5 Å². The molecule has 0 saturated carbocycles. The summed E-state index contributed by atoms with van der Waals surface area (Å²) in [5.74, 6) is -0.819. The molecule has 0 aliphatic rings. The predicted octanol–water partition coefficient (Wildman–Crippen LogP) is 5.05. The number of benzene rings is 3. The van der Waals surface area contributed by atoms with Crippen molar-refractivity contribution in [1.82, 2.24) is 0 Å². The highest BCUT2D eigenvalue weighted by atomic mass is 35.5. The van der Waals surface area contributed by atoms with Crippen molar-refractivity contribution >= 4 is 27.3 Å². The van der Waals surface area contributed by atoms with Gasteiger partial charge in [0, 0.05) is 30.1 Å². The number of anilines is 1. The zero-order valence-electron chi connectivity index (χ0n) is 17.0. The lowest BCUT2D eigenvalue weighted by atomic mass is 10.0. The number of sulfonamides is 1. The molecule has 3 aromatic rings. The first-order chi connectivity index (χ1) is 14.7. The van der Waals surface area contributed by atoms with Crippen LogP contribution >= 0.6 is 11.6 Å². The highest BCUT2D eigenvalue weighted by Crippen LogP contribution is 2.34. The molecular formula is C22H20ClF2NO4S. The average molecular weight is 468 g/mol. The minimum atomic E-state index is -4.03.